The van der Waals surface area contributed by atoms with Crippen LogP contribution in [0.25, 0.3) is 6.08 Å². The lowest BCUT2D eigenvalue weighted by atomic mass is 9.71. The van der Waals surface area contributed by atoms with E-state index in [-0.39, 0.29) is 6.10 Å². The van der Waals surface area contributed by atoms with Crippen molar-refractivity contribution in [3.63, 3.8) is 0 Å². The van der Waals surface area contributed by atoms with Gasteiger partial charge in [0, 0.05) is 5.56 Å². The average molecular weight is 403 g/mol. The number of ether oxygens (including phenoxy) is 2. The number of rotatable bonds is 7. The molecular weight excluding hydrogens is 363 g/mol. The molecule has 0 radical (unpaired) electrons. The second-order valence-electron chi connectivity index (χ2n) is 9.05. The van der Waals surface area contributed by atoms with E-state index in [9.17, 15) is 0 Å². The molecule has 0 N–H and O–H groups in total. The molecule has 0 amide bonds. The standard InChI is InChI=1S/C25H39O2P/c1-4-8-22-15-16-23(25(28)24(22)27-18(2)3)26-17-19-11-13-21(14-12-19)20-9-6-5-7-10-20/h4,8,15-16,18-21H,5-7,9-14,17,28H2,1-3H3/b8-4+. The van der Waals surface area contributed by atoms with Crippen LogP contribution in [0.3, 0.4) is 0 Å². The highest BCUT2D eigenvalue weighted by atomic mass is 31.0. The molecule has 1 unspecified atom stereocenters. The molecule has 2 nitrogen and oxygen atoms in total. The molecule has 2 saturated carbocycles. The molecular formula is C25H39O2P. The first-order chi connectivity index (χ1) is 13.6. The number of hydrogen-bond acceptors (Lipinski definition) is 2. The summed E-state index contributed by atoms with van der Waals surface area (Å²) < 4.78 is 12.4. The SMILES string of the molecule is C/C=C/c1ccc(OCC2CCC(C3CCCCC3)CC2)c(P)c1OC(C)C. The monoisotopic (exact) mass is 402 g/mol. The van der Waals surface area contributed by atoms with Crippen LogP contribution in [0.2, 0.25) is 0 Å². The Morgan fingerprint density at radius 3 is 2.32 bits per heavy atom. The summed E-state index contributed by atoms with van der Waals surface area (Å²) in [4.78, 5) is 0. The van der Waals surface area contributed by atoms with Crippen LogP contribution < -0.4 is 14.8 Å². The maximum Gasteiger partial charge on any atom is 0.137 e. The topological polar surface area (TPSA) is 18.5 Å². The fourth-order valence-corrected chi connectivity index (χ4v) is 5.46. The highest BCUT2D eigenvalue weighted by molar-refractivity contribution is 7.28. The predicted octanol–water partition coefficient (Wildman–Crippen LogP) is 6.77. The van der Waals surface area contributed by atoms with Gasteiger partial charge in [0.25, 0.3) is 0 Å². The summed E-state index contributed by atoms with van der Waals surface area (Å²) in [5.74, 6) is 4.58. The van der Waals surface area contributed by atoms with Crippen molar-refractivity contribution in [2.45, 2.75) is 84.7 Å². The van der Waals surface area contributed by atoms with Gasteiger partial charge in [-0.1, -0.05) is 53.5 Å². The van der Waals surface area contributed by atoms with Crippen LogP contribution in [-0.4, -0.2) is 12.7 Å². The Kier molecular flexibility index (Phi) is 8.27. The van der Waals surface area contributed by atoms with Crippen molar-refractivity contribution in [1.82, 2.24) is 0 Å². The molecule has 0 heterocycles. The molecule has 1 aromatic rings. The Balaban J connectivity index is 1.56. The predicted molar refractivity (Wildman–Crippen MR) is 124 cm³/mol. The molecule has 1 atom stereocenters. The summed E-state index contributed by atoms with van der Waals surface area (Å²) in [7, 11) is 2.84. The van der Waals surface area contributed by atoms with E-state index in [1.54, 1.807) is 0 Å². The summed E-state index contributed by atoms with van der Waals surface area (Å²) >= 11 is 0. The molecule has 2 aliphatic rings. The Bertz CT molecular complexity index is 638. The van der Waals surface area contributed by atoms with E-state index >= 15 is 0 Å². The van der Waals surface area contributed by atoms with Gasteiger partial charge >= 0.3 is 0 Å². The van der Waals surface area contributed by atoms with Gasteiger partial charge in [-0.3, -0.25) is 0 Å². The summed E-state index contributed by atoms with van der Waals surface area (Å²) in [5.41, 5.74) is 1.11. The van der Waals surface area contributed by atoms with E-state index in [0.29, 0.717) is 5.92 Å². The molecule has 0 saturated heterocycles. The van der Waals surface area contributed by atoms with Crippen LogP contribution in [0.1, 0.15) is 84.1 Å². The van der Waals surface area contributed by atoms with Gasteiger partial charge < -0.3 is 9.47 Å². The smallest absolute Gasteiger partial charge is 0.137 e. The first kappa shape index (κ1) is 21.7. The second kappa shape index (κ2) is 10.7. The van der Waals surface area contributed by atoms with Crippen molar-refractivity contribution in [2.75, 3.05) is 6.61 Å². The minimum Gasteiger partial charge on any atom is -0.493 e. The molecule has 2 aliphatic carbocycles. The number of hydrogen-bond donors (Lipinski definition) is 0. The van der Waals surface area contributed by atoms with Gasteiger partial charge in [0.05, 0.1) is 18.0 Å². The fourth-order valence-electron chi connectivity index (χ4n) is 5.04. The van der Waals surface area contributed by atoms with Crippen molar-refractivity contribution >= 4 is 20.6 Å². The summed E-state index contributed by atoms with van der Waals surface area (Å²) in [5, 5.41) is 1.04. The molecule has 28 heavy (non-hydrogen) atoms. The average Bonchev–Trinajstić information content (AvgIpc) is 2.71. The van der Waals surface area contributed by atoms with E-state index < -0.39 is 0 Å². The van der Waals surface area contributed by atoms with E-state index in [0.717, 1.165) is 40.8 Å². The molecule has 0 spiro atoms. The first-order valence-electron chi connectivity index (χ1n) is 11.4. The second-order valence-corrected chi connectivity index (χ2v) is 9.63. The lowest BCUT2D eigenvalue weighted by Gasteiger charge is -2.35. The van der Waals surface area contributed by atoms with Gasteiger partial charge in [-0.15, -0.1) is 0 Å². The molecule has 0 aromatic heterocycles. The lowest BCUT2D eigenvalue weighted by Crippen LogP contribution is -2.26. The van der Waals surface area contributed by atoms with Crippen LogP contribution in [0.15, 0.2) is 18.2 Å². The van der Waals surface area contributed by atoms with Crippen molar-refractivity contribution < 1.29 is 9.47 Å². The van der Waals surface area contributed by atoms with Gasteiger partial charge in [0.2, 0.25) is 0 Å². The van der Waals surface area contributed by atoms with Crippen LogP contribution in [0, 0.1) is 17.8 Å². The van der Waals surface area contributed by atoms with Gasteiger partial charge in [0.1, 0.15) is 11.5 Å². The molecule has 0 bridgehead atoms. The van der Waals surface area contributed by atoms with Gasteiger partial charge in [-0.25, -0.2) is 0 Å². The highest BCUT2D eigenvalue weighted by Crippen LogP contribution is 2.40. The third kappa shape index (κ3) is 5.76. The Labute approximate surface area is 174 Å². The van der Waals surface area contributed by atoms with Crippen molar-refractivity contribution in [1.29, 1.82) is 0 Å². The van der Waals surface area contributed by atoms with Crippen molar-refractivity contribution in [2.24, 2.45) is 17.8 Å². The maximum absolute atomic E-state index is 6.29. The zero-order chi connectivity index (χ0) is 19.9. The van der Waals surface area contributed by atoms with Crippen LogP contribution in [0.4, 0.5) is 0 Å². The molecule has 156 valence electrons. The highest BCUT2D eigenvalue weighted by Gasteiger charge is 2.28. The summed E-state index contributed by atoms with van der Waals surface area (Å²) in [6.45, 7) is 7.02. The largest absolute Gasteiger partial charge is 0.493 e. The van der Waals surface area contributed by atoms with Gasteiger partial charge in [-0.05, 0) is 76.3 Å². The molecule has 1 aromatic carbocycles. The van der Waals surface area contributed by atoms with Gasteiger partial charge in [0.15, 0.2) is 0 Å². The lowest BCUT2D eigenvalue weighted by molar-refractivity contribution is 0.136. The van der Waals surface area contributed by atoms with E-state index in [2.05, 4.69) is 47.4 Å². The number of allylic oxidation sites excluding steroid dienone is 1. The van der Waals surface area contributed by atoms with Crippen molar-refractivity contribution in [3.05, 3.63) is 23.8 Å². The Morgan fingerprint density at radius 2 is 1.68 bits per heavy atom. The van der Waals surface area contributed by atoms with Crippen LogP contribution in [0.5, 0.6) is 11.5 Å². The first-order valence-corrected chi connectivity index (χ1v) is 12.0. The van der Waals surface area contributed by atoms with E-state index in [1.807, 2.05) is 6.92 Å². The molecule has 3 rings (SSSR count). The fraction of sp³-hybridized carbons (Fsp3) is 0.680. The normalized spacial score (nSPS) is 24.0. The summed E-state index contributed by atoms with van der Waals surface area (Å²) in [6.07, 6.45) is 17.2. The van der Waals surface area contributed by atoms with E-state index in [1.165, 1.54) is 57.8 Å². The minimum absolute atomic E-state index is 0.147. The zero-order valence-electron chi connectivity index (χ0n) is 18.1. The van der Waals surface area contributed by atoms with E-state index in [4.69, 9.17) is 9.47 Å². The van der Waals surface area contributed by atoms with Crippen LogP contribution in [-0.2, 0) is 0 Å². The third-order valence-electron chi connectivity index (χ3n) is 6.57. The maximum atomic E-state index is 6.29. The Morgan fingerprint density at radius 1 is 1.00 bits per heavy atom. The third-order valence-corrected chi connectivity index (χ3v) is 7.12. The zero-order valence-corrected chi connectivity index (χ0v) is 19.2. The summed E-state index contributed by atoms with van der Waals surface area (Å²) in [6, 6.07) is 4.21. The quantitative estimate of drug-likeness (QED) is 0.468. The molecule has 0 aliphatic heterocycles. The minimum atomic E-state index is 0.147. The number of benzene rings is 1. The van der Waals surface area contributed by atoms with Crippen LogP contribution >= 0.6 is 9.24 Å². The van der Waals surface area contributed by atoms with Crippen molar-refractivity contribution in [3.8, 4) is 11.5 Å². The Hall–Kier alpha value is -1.01. The molecule has 2 fully saturated rings. The molecule has 3 heteroatoms. The van der Waals surface area contributed by atoms with Gasteiger partial charge in [-0.2, -0.15) is 0 Å².